The number of ether oxygens (including phenoxy) is 1. The summed E-state index contributed by atoms with van der Waals surface area (Å²) in [6.07, 6.45) is 5.20. The van der Waals surface area contributed by atoms with Gasteiger partial charge in [-0.05, 0) is 36.6 Å². The highest BCUT2D eigenvalue weighted by Crippen LogP contribution is 2.31. The van der Waals surface area contributed by atoms with Gasteiger partial charge in [-0.2, -0.15) is 0 Å². The van der Waals surface area contributed by atoms with Crippen LogP contribution in [-0.4, -0.2) is 38.2 Å². The number of halogens is 2. The van der Waals surface area contributed by atoms with Crippen molar-refractivity contribution >= 4 is 24.8 Å². The smallest absolute Gasteiger partial charge is 0.119 e. The lowest BCUT2D eigenvalue weighted by Crippen LogP contribution is -2.45. The molecule has 1 N–H and O–H groups in total. The zero-order valence-corrected chi connectivity index (χ0v) is 16.3. The fourth-order valence-electron chi connectivity index (χ4n) is 3.27. The Hall–Kier alpha value is -0.480. The summed E-state index contributed by atoms with van der Waals surface area (Å²) in [5.74, 6) is 0.962. The third-order valence-electron chi connectivity index (χ3n) is 4.51. The van der Waals surface area contributed by atoms with Gasteiger partial charge in [0.2, 0.25) is 0 Å². The summed E-state index contributed by atoms with van der Waals surface area (Å²) >= 11 is 0. The molecule has 1 aromatic carbocycles. The summed E-state index contributed by atoms with van der Waals surface area (Å²) < 4.78 is 5.35. The van der Waals surface area contributed by atoms with Crippen LogP contribution < -0.4 is 10.1 Å². The van der Waals surface area contributed by atoms with Gasteiger partial charge in [0.15, 0.2) is 0 Å². The Labute approximate surface area is 154 Å². The molecule has 1 heterocycles. The van der Waals surface area contributed by atoms with E-state index in [-0.39, 0.29) is 24.8 Å². The number of nitrogens with one attached hydrogen (secondary N) is 1. The summed E-state index contributed by atoms with van der Waals surface area (Å²) in [6, 6.07) is 7.11. The van der Waals surface area contributed by atoms with E-state index in [1.54, 1.807) is 7.11 Å². The van der Waals surface area contributed by atoms with E-state index in [1.807, 2.05) is 0 Å². The van der Waals surface area contributed by atoms with Gasteiger partial charge in [-0.25, -0.2) is 0 Å². The maximum absolute atomic E-state index is 5.35. The van der Waals surface area contributed by atoms with E-state index in [4.69, 9.17) is 4.74 Å². The normalized spacial score (nSPS) is 16.1. The van der Waals surface area contributed by atoms with E-state index in [9.17, 15) is 0 Å². The Morgan fingerprint density at radius 3 is 2.43 bits per heavy atom. The number of piperazine rings is 1. The van der Waals surface area contributed by atoms with Crippen molar-refractivity contribution < 1.29 is 4.74 Å². The van der Waals surface area contributed by atoms with Crippen LogP contribution in [0.3, 0.4) is 0 Å². The van der Waals surface area contributed by atoms with Gasteiger partial charge in [-0.3, -0.25) is 4.90 Å². The lowest BCUT2D eigenvalue weighted by Gasteiger charge is -2.36. The molecule has 1 atom stereocenters. The second-order valence-corrected chi connectivity index (χ2v) is 6.02. The molecule has 23 heavy (non-hydrogen) atoms. The van der Waals surface area contributed by atoms with Gasteiger partial charge < -0.3 is 10.1 Å². The summed E-state index contributed by atoms with van der Waals surface area (Å²) in [5, 5.41) is 3.46. The number of methoxy groups -OCH3 is 1. The van der Waals surface area contributed by atoms with Crippen LogP contribution in [0.2, 0.25) is 0 Å². The Balaban J connectivity index is 0.00000242. The first-order valence-corrected chi connectivity index (χ1v) is 8.35. The zero-order chi connectivity index (χ0) is 15.1. The van der Waals surface area contributed by atoms with Crippen molar-refractivity contribution in [3.05, 3.63) is 29.3 Å². The van der Waals surface area contributed by atoms with Gasteiger partial charge in [0.1, 0.15) is 5.75 Å². The van der Waals surface area contributed by atoms with Crippen LogP contribution in [0, 0.1) is 6.92 Å². The minimum Gasteiger partial charge on any atom is -0.497 e. The number of hydrogen-bond donors (Lipinski definition) is 1. The van der Waals surface area contributed by atoms with Crippen molar-refractivity contribution in [1.82, 2.24) is 10.2 Å². The molecule has 0 bridgehead atoms. The molecule has 2 rings (SSSR count). The van der Waals surface area contributed by atoms with Crippen molar-refractivity contribution in [2.45, 2.75) is 45.6 Å². The predicted molar refractivity (Wildman–Crippen MR) is 104 cm³/mol. The minimum atomic E-state index is 0. The summed E-state index contributed by atoms with van der Waals surface area (Å²) in [6.45, 7) is 9.02. The first kappa shape index (κ1) is 22.5. The lowest BCUT2D eigenvalue weighted by molar-refractivity contribution is 0.162. The number of aryl methyl sites for hydroxylation is 1. The Kier molecular flexibility index (Phi) is 11.7. The van der Waals surface area contributed by atoms with Gasteiger partial charge in [0.25, 0.3) is 0 Å². The number of rotatable bonds is 7. The SMILES string of the molecule is CCCCC[C@@H](c1ccc(OC)cc1C)N1CCNCC1.Cl.Cl. The molecule has 0 saturated carbocycles. The summed E-state index contributed by atoms with van der Waals surface area (Å²) in [4.78, 5) is 2.65. The summed E-state index contributed by atoms with van der Waals surface area (Å²) in [5.41, 5.74) is 2.84. The van der Waals surface area contributed by atoms with Crippen LogP contribution in [0.5, 0.6) is 5.75 Å². The van der Waals surface area contributed by atoms with Gasteiger partial charge >= 0.3 is 0 Å². The molecule has 0 aromatic heterocycles. The van der Waals surface area contributed by atoms with E-state index in [0.717, 1.165) is 31.9 Å². The van der Waals surface area contributed by atoms with E-state index < -0.39 is 0 Å². The van der Waals surface area contributed by atoms with Crippen LogP contribution in [0.15, 0.2) is 18.2 Å². The van der Waals surface area contributed by atoms with Crippen LogP contribution in [0.1, 0.15) is 49.8 Å². The van der Waals surface area contributed by atoms with Crippen LogP contribution in [0.4, 0.5) is 0 Å². The van der Waals surface area contributed by atoms with Crippen LogP contribution in [-0.2, 0) is 0 Å². The van der Waals surface area contributed by atoms with Crippen LogP contribution >= 0.6 is 24.8 Å². The second kappa shape index (κ2) is 12.0. The minimum absolute atomic E-state index is 0. The average molecular weight is 363 g/mol. The largest absolute Gasteiger partial charge is 0.497 e. The highest BCUT2D eigenvalue weighted by molar-refractivity contribution is 5.85. The molecule has 5 heteroatoms. The Bertz CT molecular complexity index is 437. The monoisotopic (exact) mass is 362 g/mol. The van der Waals surface area contributed by atoms with Crippen molar-refractivity contribution in [2.75, 3.05) is 33.3 Å². The molecule has 0 amide bonds. The van der Waals surface area contributed by atoms with Crippen molar-refractivity contribution in [2.24, 2.45) is 0 Å². The molecule has 0 radical (unpaired) electrons. The van der Waals surface area contributed by atoms with Crippen molar-refractivity contribution in [1.29, 1.82) is 0 Å². The predicted octanol–water partition coefficient (Wildman–Crippen LogP) is 4.37. The topological polar surface area (TPSA) is 24.5 Å². The van der Waals surface area contributed by atoms with Gasteiger partial charge in [0.05, 0.1) is 7.11 Å². The maximum atomic E-state index is 5.35. The molecule has 0 unspecified atom stereocenters. The Morgan fingerprint density at radius 1 is 1.17 bits per heavy atom. The number of hydrogen-bond acceptors (Lipinski definition) is 3. The van der Waals surface area contributed by atoms with Gasteiger partial charge in [-0.1, -0.05) is 32.3 Å². The fourth-order valence-corrected chi connectivity index (χ4v) is 3.27. The molecule has 1 aromatic rings. The molecule has 3 nitrogen and oxygen atoms in total. The second-order valence-electron chi connectivity index (χ2n) is 6.02. The molecule has 0 spiro atoms. The van der Waals surface area contributed by atoms with E-state index in [2.05, 4.69) is 42.3 Å². The third-order valence-corrected chi connectivity index (χ3v) is 4.51. The molecule has 1 saturated heterocycles. The molecule has 0 aliphatic carbocycles. The molecule has 1 aliphatic heterocycles. The first-order chi connectivity index (χ1) is 10.3. The third kappa shape index (κ3) is 6.50. The van der Waals surface area contributed by atoms with Crippen molar-refractivity contribution in [3.63, 3.8) is 0 Å². The van der Waals surface area contributed by atoms with Gasteiger partial charge in [-0.15, -0.1) is 24.8 Å². The highest BCUT2D eigenvalue weighted by atomic mass is 35.5. The molecule has 1 fully saturated rings. The van der Waals surface area contributed by atoms with Gasteiger partial charge in [0, 0.05) is 32.2 Å². The molecule has 1 aliphatic rings. The molecular weight excluding hydrogens is 331 g/mol. The molecular formula is C18H32Cl2N2O. The van der Waals surface area contributed by atoms with E-state index in [1.165, 1.54) is 36.8 Å². The standard InChI is InChI=1S/C18H30N2O.2ClH/c1-4-5-6-7-18(20-12-10-19-11-13-20)17-9-8-16(21-3)14-15(17)2;;/h8-9,14,18-19H,4-7,10-13H2,1-3H3;2*1H/t18-;;/m0../s1. The number of nitrogens with zero attached hydrogens (tertiary/aromatic N) is 1. The zero-order valence-electron chi connectivity index (χ0n) is 14.6. The summed E-state index contributed by atoms with van der Waals surface area (Å²) in [7, 11) is 1.74. The van der Waals surface area contributed by atoms with E-state index in [0.29, 0.717) is 6.04 Å². The average Bonchev–Trinajstić information content (AvgIpc) is 2.53. The maximum Gasteiger partial charge on any atom is 0.119 e. The van der Waals surface area contributed by atoms with Crippen LogP contribution in [0.25, 0.3) is 0 Å². The Morgan fingerprint density at radius 2 is 1.87 bits per heavy atom. The van der Waals surface area contributed by atoms with E-state index >= 15 is 0 Å². The first-order valence-electron chi connectivity index (χ1n) is 8.35. The lowest BCUT2D eigenvalue weighted by atomic mass is 9.94. The van der Waals surface area contributed by atoms with Crippen molar-refractivity contribution in [3.8, 4) is 5.75 Å². The number of unbranched alkanes of at least 4 members (excludes halogenated alkanes) is 2. The fraction of sp³-hybridized carbons (Fsp3) is 0.667. The highest BCUT2D eigenvalue weighted by Gasteiger charge is 2.23. The molecule has 134 valence electrons. The quantitative estimate of drug-likeness (QED) is 0.728. The number of benzene rings is 1.